The van der Waals surface area contributed by atoms with E-state index in [1.54, 1.807) is 0 Å². The number of rotatable bonds is 5. The van der Waals surface area contributed by atoms with Crippen molar-refractivity contribution in [1.82, 2.24) is 0 Å². The highest BCUT2D eigenvalue weighted by molar-refractivity contribution is 7.89. The monoisotopic (exact) mass is 316 g/mol. The van der Waals surface area contributed by atoms with Crippen molar-refractivity contribution in [3.8, 4) is 5.75 Å². The number of aryl methyl sites for hydroxylation is 1. The third-order valence-corrected chi connectivity index (χ3v) is 4.26. The Bertz CT molecular complexity index is 652. The molecule has 0 bridgehead atoms. The zero-order valence-corrected chi connectivity index (χ0v) is 12.3. The fourth-order valence-electron chi connectivity index (χ4n) is 2.17. The predicted molar refractivity (Wildman–Crippen MR) is 73.7 cm³/mol. The zero-order chi connectivity index (χ0) is 15.6. The summed E-state index contributed by atoms with van der Waals surface area (Å²) < 4.78 is 33.6. The van der Waals surface area contributed by atoms with Crippen molar-refractivity contribution in [2.75, 3.05) is 13.2 Å². The van der Waals surface area contributed by atoms with E-state index in [1.807, 2.05) is 0 Å². The molecule has 116 valence electrons. The Morgan fingerprint density at radius 1 is 1.52 bits per heavy atom. The van der Waals surface area contributed by atoms with Gasteiger partial charge in [0.15, 0.2) is 5.75 Å². The van der Waals surface area contributed by atoms with Crippen molar-refractivity contribution in [3.05, 3.63) is 27.8 Å². The van der Waals surface area contributed by atoms with E-state index in [0.29, 0.717) is 12.2 Å². The SMILES string of the molecule is Cc1cc(OCC2CCCO2)c([N+](=O)[O-])cc1S(N)(=O)=O. The summed E-state index contributed by atoms with van der Waals surface area (Å²) in [6.45, 7) is 2.34. The molecule has 9 heteroatoms. The number of nitrogens with zero attached hydrogens (tertiary/aromatic N) is 1. The molecule has 1 aromatic carbocycles. The second-order valence-electron chi connectivity index (χ2n) is 4.83. The average molecular weight is 316 g/mol. The van der Waals surface area contributed by atoms with Gasteiger partial charge in [0, 0.05) is 12.7 Å². The van der Waals surface area contributed by atoms with Crippen LogP contribution in [0.4, 0.5) is 5.69 Å². The minimum absolute atomic E-state index is 0.0143. The number of benzene rings is 1. The maximum absolute atomic E-state index is 11.4. The summed E-state index contributed by atoms with van der Waals surface area (Å²) >= 11 is 0. The molecule has 2 N–H and O–H groups in total. The first-order valence-corrected chi connectivity index (χ1v) is 7.90. The minimum atomic E-state index is -4.02. The fraction of sp³-hybridized carbons (Fsp3) is 0.500. The first-order chi connectivity index (χ1) is 9.79. The molecule has 1 unspecified atom stereocenters. The Morgan fingerprint density at radius 2 is 2.24 bits per heavy atom. The van der Waals surface area contributed by atoms with E-state index in [1.165, 1.54) is 13.0 Å². The van der Waals surface area contributed by atoms with Gasteiger partial charge in [-0.15, -0.1) is 0 Å². The van der Waals surface area contributed by atoms with Crippen LogP contribution in [0.3, 0.4) is 0 Å². The number of hydrogen-bond acceptors (Lipinski definition) is 6. The molecule has 1 saturated heterocycles. The van der Waals surface area contributed by atoms with Gasteiger partial charge >= 0.3 is 5.69 Å². The van der Waals surface area contributed by atoms with Gasteiger partial charge in [0.2, 0.25) is 10.0 Å². The number of nitro benzene ring substituents is 1. The quantitative estimate of drug-likeness (QED) is 0.641. The van der Waals surface area contributed by atoms with Crippen LogP contribution in [-0.2, 0) is 14.8 Å². The molecular weight excluding hydrogens is 300 g/mol. The van der Waals surface area contributed by atoms with Gasteiger partial charge in [-0.1, -0.05) is 0 Å². The van der Waals surface area contributed by atoms with Gasteiger partial charge in [-0.3, -0.25) is 10.1 Å². The van der Waals surface area contributed by atoms with Crippen LogP contribution in [0.25, 0.3) is 0 Å². The Labute approximate surface area is 122 Å². The summed E-state index contributed by atoms with van der Waals surface area (Å²) in [5, 5.41) is 16.1. The average Bonchev–Trinajstić information content (AvgIpc) is 2.87. The molecule has 1 aliphatic heterocycles. The van der Waals surface area contributed by atoms with Crippen LogP contribution in [0, 0.1) is 17.0 Å². The number of hydrogen-bond donors (Lipinski definition) is 1. The lowest BCUT2D eigenvalue weighted by molar-refractivity contribution is -0.386. The number of primary sulfonamides is 1. The maximum atomic E-state index is 11.4. The highest BCUT2D eigenvalue weighted by Crippen LogP contribution is 2.32. The summed E-state index contributed by atoms with van der Waals surface area (Å²) in [5.74, 6) is 0.0143. The molecule has 2 rings (SSSR count). The van der Waals surface area contributed by atoms with Gasteiger partial charge in [-0.25, -0.2) is 13.6 Å². The zero-order valence-electron chi connectivity index (χ0n) is 11.4. The number of nitro groups is 1. The Hall–Kier alpha value is -1.71. The van der Waals surface area contributed by atoms with E-state index >= 15 is 0 Å². The summed E-state index contributed by atoms with van der Waals surface area (Å²) in [6, 6.07) is 2.24. The second-order valence-corrected chi connectivity index (χ2v) is 6.36. The molecule has 0 aromatic heterocycles. The van der Waals surface area contributed by atoms with E-state index in [-0.39, 0.29) is 23.4 Å². The Kier molecular flexibility index (Phi) is 4.45. The molecule has 0 radical (unpaired) electrons. The first kappa shape index (κ1) is 15.7. The predicted octanol–water partition coefficient (Wildman–Crippen LogP) is 1.11. The number of nitrogens with two attached hydrogens (primary N) is 1. The molecule has 8 nitrogen and oxygen atoms in total. The van der Waals surface area contributed by atoms with Gasteiger partial charge in [0.25, 0.3) is 0 Å². The van der Waals surface area contributed by atoms with Crippen LogP contribution >= 0.6 is 0 Å². The Balaban J connectivity index is 2.31. The van der Waals surface area contributed by atoms with Crippen LogP contribution in [0.5, 0.6) is 5.75 Å². The summed E-state index contributed by atoms with van der Waals surface area (Å²) in [7, 11) is -4.02. The summed E-state index contributed by atoms with van der Waals surface area (Å²) in [4.78, 5) is 10.1. The van der Waals surface area contributed by atoms with Gasteiger partial charge in [-0.05, 0) is 31.4 Å². The lowest BCUT2D eigenvalue weighted by Gasteiger charge is -2.13. The van der Waals surface area contributed by atoms with Crippen LogP contribution in [0.2, 0.25) is 0 Å². The smallest absolute Gasteiger partial charge is 0.312 e. The molecule has 1 atom stereocenters. The van der Waals surface area contributed by atoms with E-state index in [9.17, 15) is 18.5 Å². The first-order valence-electron chi connectivity index (χ1n) is 6.35. The van der Waals surface area contributed by atoms with Crippen LogP contribution in [0.1, 0.15) is 18.4 Å². The van der Waals surface area contributed by atoms with E-state index in [0.717, 1.165) is 18.9 Å². The van der Waals surface area contributed by atoms with E-state index < -0.39 is 20.6 Å². The van der Waals surface area contributed by atoms with Crippen molar-refractivity contribution in [3.63, 3.8) is 0 Å². The Morgan fingerprint density at radius 3 is 2.76 bits per heavy atom. The lowest BCUT2D eigenvalue weighted by atomic mass is 10.2. The van der Waals surface area contributed by atoms with Crippen molar-refractivity contribution in [2.45, 2.75) is 30.8 Å². The minimum Gasteiger partial charge on any atom is -0.484 e. The molecule has 1 fully saturated rings. The van der Waals surface area contributed by atoms with Gasteiger partial charge in [0.05, 0.1) is 15.9 Å². The van der Waals surface area contributed by atoms with Crippen molar-refractivity contribution in [1.29, 1.82) is 0 Å². The van der Waals surface area contributed by atoms with Crippen LogP contribution < -0.4 is 9.88 Å². The number of ether oxygens (including phenoxy) is 2. The normalized spacial score (nSPS) is 18.7. The molecule has 0 aliphatic carbocycles. The largest absolute Gasteiger partial charge is 0.484 e. The van der Waals surface area contributed by atoms with Crippen LogP contribution in [-0.4, -0.2) is 32.7 Å². The fourth-order valence-corrected chi connectivity index (χ4v) is 2.96. The van der Waals surface area contributed by atoms with E-state index in [2.05, 4.69) is 0 Å². The maximum Gasteiger partial charge on any atom is 0.312 e. The summed E-state index contributed by atoms with van der Waals surface area (Å²) in [5.41, 5.74) is -0.131. The topological polar surface area (TPSA) is 122 Å². The third-order valence-electron chi connectivity index (χ3n) is 3.21. The third kappa shape index (κ3) is 3.69. The van der Waals surface area contributed by atoms with Crippen molar-refractivity contribution >= 4 is 15.7 Å². The number of sulfonamides is 1. The summed E-state index contributed by atoms with van der Waals surface area (Å²) in [6.07, 6.45) is 1.67. The standard InChI is InChI=1S/C12H16N2O6S/c1-8-5-11(20-7-9-3-2-4-19-9)10(14(15)16)6-12(8)21(13,17)18/h5-6,9H,2-4,7H2,1H3,(H2,13,17,18). The van der Waals surface area contributed by atoms with Crippen LogP contribution in [0.15, 0.2) is 17.0 Å². The molecular formula is C12H16N2O6S. The van der Waals surface area contributed by atoms with Gasteiger partial charge in [0.1, 0.15) is 6.61 Å². The lowest BCUT2D eigenvalue weighted by Crippen LogP contribution is -2.18. The molecule has 0 amide bonds. The highest BCUT2D eigenvalue weighted by atomic mass is 32.2. The van der Waals surface area contributed by atoms with Crippen molar-refractivity contribution < 1.29 is 22.8 Å². The molecule has 1 heterocycles. The molecule has 0 saturated carbocycles. The van der Waals surface area contributed by atoms with Gasteiger partial charge < -0.3 is 9.47 Å². The van der Waals surface area contributed by atoms with Gasteiger partial charge in [-0.2, -0.15) is 0 Å². The van der Waals surface area contributed by atoms with E-state index in [4.69, 9.17) is 14.6 Å². The molecule has 0 spiro atoms. The second kappa shape index (κ2) is 5.96. The highest BCUT2D eigenvalue weighted by Gasteiger charge is 2.24. The molecule has 1 aliphatic rings. The van der Waals surface area contributed by atoms with Crippen molar-refractivity contribution in [2.24, 2.45) is 5.14 Å². The molecule has 21 heavy (non-hydrogen) atoms. The molecule has 1 aromatic rings.